The van der Waals surface area contributed by atoms with Crippen molar-refractivity contribution < 1.29 is 4.39 Å². The van der Waals surface area contributed by atoms with Gasteiger partial charge in [0.25, 0.3) is 0 Å². The van der Waals surface area contributed by atoms with Crippen LogP contribution in [-0.2, 0) is 6.42 Å². The van der Waals surface area contributed by atoms with E-state index in [1.807, 2.05) is 6.07 Å². The van der Waals surface area contributed by atoms with E-state index < -0.39 is 0 Å². The third-order valence-electron chi connectivity index (χ3n) is 3.27. The molecular formula is C16H25ClFN. The van der Waals surface area contributed by atoms with E-state index >= 15 is 0 Å². The molecule has 3 heteroatoms. The largest absolute Gasteiger partial charge is 0.314 e. The summed E-state index contributed by atoms with van der Waals surface area (Å²) in [6, 6.07) is 5.58. The van der Waals surface area contributed by atoms with Crippen LogP contribution in [-0.4, -0.2) is 12.6 Å². The highest BCUT2D eigenvalue weighted by atomic mass is 35.5. The smallest absolute Gasteiger partial charge is 0.142 e. The Hall–Kier alpha value is -0.600. The summed E-state index contributed by atoms with van der Waals surface area (Å²) in [5, 5.41) is 3.69. The van der Waals surface area contributed by atoms with Crippen LogP contribution in [0.5, 0.6) is 0 Å². The van der Waals surface area contributed by atoms with Crippen LogP contribution in [0.4, 0.5) is 4.39 Å². The van der Waals surface area contributed by atoms with Crippen molar-refractivity contribution >= 4 is 11.6 Å². The summed E-state index contributed by atoms with van der Waals surface area (Å²) < 4.78 is 13.4. The molecular weight excluding hydrogens is 261 g/mol. The van der Waals surface area contributed by atoms with Crippen LogP contribution < -0.4 is 5.32 Å². The highest BCUT2D eigenvalue weighted by Crippen LogP contribution is 2.28. The fraction of sp³-hybridized carbons (Fsp3) is 0.625. The lowest BCUT2D eigenvalue weighted by Gasteiger charge is -2.29. The lowest BCUT2D eigenvalue weighted by Crippen LogP contribution is -2.32. The Morgan fingerprint density at radius 1 is 1.37 bits per heavy atom. The average Bonchev–Trinajstić information content (AvgIpc) is 2.30. The molecule has 1 aromatic carbocycles. The molecule has 1 unspecified atom stereocenters. The summed E-state index contributed by atoms with van der Waals surface area (Å²) in [5.41, 5.74) is 1.15. The molecule has 0 bridgehead atoms. The van der Waals surface area contributed by atoms with E-state index in [4.69, 9.17) is 11.6 Å². The van der Waals surface area contributed by atoms with Gasteiger partial charge in [0.2, 0.25) is 0 Å². The van der Waals surface area contributed by atoms with Crippen LogP contribution in [0.2, 0.25) is 5.02 Å². The third-order valence-corrected chi connectivity index (χ3v) is 3.57. The Bertz CT molecular complexity index is 404. The second-order valence-electron chi connectivity index (χ2n) is 6.15. The third kappa shape index (κ3) is 5.92. The fourth-order valence-corrected chi connectivity index (χ4v) is 2.68. The molecule has 1 atom stereocenters. The van der Waals surface area contributed by atoms with E-state index in [0.717, 1.165) is 31.4 Å². The molecule has 0 saturated carbocycles. The Morgan fingerprint density at radius 3 is 2.63 bits per heavy atom. The Kier molecular flexibility index (Phi) is 6.28. The zero-order valence-corrected chi connectivity index (χ0v) is 13.1. The van der Waals surface area contributed by atoms with Crippen LogP contribution in [0.25, 0.3) is 0 Å². The summed E-state index contributed by atoms with van der Waals surface area (Å²) in [7, 11) is 0. The van der Waals surface area contributed by atoms with Gasteiger partial charge in [0.1, 0.15) is 5.82 Å². The monoisotopic (exact) mass is 285 g/mol. The quantitative estimate of drug-likeness (QED) is 0.757. The van der Waals surface area contributed by atoms with Gasteiger partial charge in [0, 0.05) is 6.04 Å². The first kappa shape index (κ1) is 16.5. The lowest BCUT2D eigenvalue weighted by atomic mass is 9.80. The molecule has 0 aliphatic heterocycles. The highest BCUT2D eigenvalue weighted by molar-refractivity contribution is 6.30. The van der Waals surface area contributed by atoms with Gasteiger partial charge in [-0.1, -0.05) is 38.4 Å². The molecule has 0 spiro atoms. The molecule has 0 fully saturated rings. The van der Waals surface area contributed by atoms with E-state index in [1.54, 1.807) is 12.1 Å². The van der Waals surface area contributed by atoms with Gasteiger partial charge in [-0.2, -0.15) is 0 Å². The van der Waals surface area contributed by atoms with Crippen LogP contribution in [0.3, 0.4) is 0 Å². The number of halogens is 2. The van der Waals surface area contributed by atoms with Crippen molar-refractivity contribution in [3.8, 4) is 0 Å². The number of nitrogens with one attached hydrogen (secondary N) is 1. The standard InChI is InChI=1S/C16H25ClFN/c1-5-8-19-12(2)10-16(3,4)11-13-6-7-14(17)15(18)9-13/h6-7,9,12,19H,5,8,10-11H2,1-4H3. The van der Waals surface area contributed by atoms with Crippen molar-refractivity contribution in [2.24, 2.45) is 5.41 Å². The van der Waals surface area contributed by atoms with Crippen molar-refractivity contribution in [3.05, 3.63) is 34.6 Å². The molecule has 0 saturated heterocycles. The van der Waals surface area contributed by atoms with Gasteiger partial charge in [-0.25, -0.2) is 4.39 Å². The van der Waals surface area contributed by atoms with Crippen LogP contribution in [0, 0.1) is 11.2 Å². The van der Waals surface area contributed by atoms with Gasteiger partial charge in [0.05, 0.1) is 5.02 Å². The van der Waals surface area contributed by atoms with E-state index in [9.17, 15) is 4.39 Å². The topological polar surface area (TPSA) is 12.0 Å². The second-order valence-corrected chi connectivity index (χ2v) is 6.56. The van der Waals surface area contributed by atoms with Crippen molar-refractivity contribution in [1.82, 2.24) is 5.32 Å². The average molecular weight is 286 g/mol. The van der Waals surface area contributed by atoms with Gasteiger partial charge in [0.15, 0.2) is 0 Å². The Morgan fingerprint density at radius 2 is 2.05 bits per heavy atom. The Labute approximate surface area is 121 Å². The minimum atomic E-state index is -0.327. The predicted molar refractivity (Wildman–Crippen MR) is 81.3 cm³/mol. The molecule has 1 nitrogen and oxygen atoms in total. The van der Waals surface area contributed by atoms with E-state index in [2.05, 4.69) is 33.0 Å². The molecule has 0 aliphatic carbocycles. The first-order valence-electron chi connectivity index (χ1n) is 7.01. The molecule has 1 N–H and O–H groups in total. The number of hydrogen-bond donors (Lipinski definition) is 1. The Balaban J connectivity index is 2.60. The van der Waals surface area contributed by atoms with Crippen LogP contribution in [0.15, 0.2) is 18.2 Å². The summed E-state index contributed by atoms with van der Waals surface area (Å²) in [6.45, 7) is 9.88. The van der Waals surface area contributed by atoms with Crippen molar-refractivity contribution in [2.75, 3.05) is 6.54 Å². The van der Waals surface area contributed by atoms with Crippen LogP contribution in [0.1, 0.15) is 46.1 Å². The molecule has 0 heterocycles. The first-order chi connectivity index (χ1) is 8.84. The summed E-state index contributed by atoms with van der Waals surface area (Å²) in [5.74, 6) is -0.327. The molecule has 19 heavy (non-hydrogen) atoms. The van der Waals surface area contributed by atoms with E-state index in [1.165, 1.54) is 0 Å². The molecule has 108 valence electrons. The fourth-order valence-electron chi connectivity index (χ4n) is 2.57. The van der Waals surface area contributed by atoms with E-state index in [0.29, 0.717) is 6.04 Å². The maximum absolute atomic E-state index is 13.4. The maximum atomic E-state index is 13.4. The zero-order valence-electron chi connectivity index (χ0n) is 12.4. The van der Waals surface area contributed by atoms with Crippen molar-refractivity contribution in [1.29, 1.82) is 0 Å². The lowest BCUT2D eigenvalue weighted by molar-refractivity contribution is 0.287. The first-order valence-corrected chi connectivity index (χ1v) is 7.39. The van der Waals surface area contributed by atoms with Gasteiger partial charge in [-0.15, -0.1) is 0 Å². The molecule has 1 rings (SSSR count). The second kappa shape index (κ2) is 7.25. The molecule has 0 radical (unpaired) electrons. The zero-order chi connectivity index (χ0) is 14.5. The van der Waals surface area contributed by atoms with Gasteiger partial charge >= 0.3 is 0 Å². The number of benzene rings is 1. The van der Waals surface area contributed by atoms with Crippen molar-refractivity contribution in [3.63, 3.8) is 0 Å². The normalized spacial score (nSPS) is 13.6. The van der Waals surface area contributed by atoms with Crippen molar-refractivity contribution in [2.45, 2.75) is 53.0 Å². The van der Waals surface area contributed by atoms with E-state index in [-0.39, 0.29) is 16.3 Å². The van der Waals surface area contributed by atoms with Gasteiger partial charge < -0.3 is 5.32 Å². The minimum absolute atomic E-state index is 0.139. The predicted octanol–water partition coefficient (Wildman–Crippen LogP) is 4.83. The molecule has 0 aliphatic rings. The minimum Gasteiger partial charge on any atom is -0.314 e. The molecule has 0 aromatic heterocycles. The maximum Gasteiger partial charge on any atom is 0.142 e. The number of hydrogen-bond acceptors (Lipinski definition) is 1. The molecule has 0 amide bonds. The molecule has 1 aromatic rings. The SMILES string of the molecule is CCCNC(C)CC(C)(C)Cc1ccc(Cl)c(F)c1. The summed E-state index contributed by atoms with van der Waals surface area (Å²) >= 11 is 5.71. The van der Waals surface area contributed by atoms with Gasteiger partial charge in [-0.3, -0.25) is 0 Å². The summed E-state index contributed by atoms with van der Waals surface area (Å²) in [4.78, 5) is 0. The van der Waals surface area contributed by atoms with Gasteiger partial charge in [-0.05, 0) is 55.8 Å². The number of rotatable bonds is 7. The van der Waals surface area contributed by atoms with Crippen LogP contribution >= 0.6 is 11.6 Å². The summed E-state index contributed by atoms with van der Waals surface area (Å²) in [6.07, 6.45) is 3.07. The highest BCUT2D eigenvalue weighted by Gasteiger charge is 2.21.